The highest BCUT2D eigenvalue weighted by molar-refractivity contribution is 6.03. The first-order valence-corrected chi connectivity index (χ1v) is 26.1. The van der Waals surface area contributed by atoms with Crippen molar-refractivity contribution in [2.45, 2.75) is 154 Å². The van der Waals surface area contributed by atoms with E-state index in [-0.39, 0.29) is 5.41 Å². The lowest BCUT2D eigenvalue weighted by Crippen LogP contribution is -2.15. The second-order valence-electron chi connectivity index (χ2n) is 19.3. The van der Waals surface area contributed by atoms with Gasteiger partial charge in [-0.2, -0.15) is 0 Å². The normalized spacial score (nSPS) is 14.1. The van der Waals surface area contributed by atoms with Gasteiger partial charge in [-0.15, -0.1) is 0 Å². The predicted molar refractivity (Wildman–Crippen MR) is 305 cm³/mol. The fraction of sp³-hybridized carbons (Fsp3) is 0.353. The zero-order valence-corrected chi connectivity index (χ0v) is 45.0. The molecule has 0 saturated heterocycles. The molecule has 0 aromatic heterocycles. The van der Waals surface area contributed by atoms with Crippen molar-refractivity contribution in [1.82, 2.24) is 0 Å². The second-order valence-corrected chi connectivity index (χ2v) is 19.3. The molecule has 0 amide bonds. The molecule has 7 aromatic carbocycles. The lowest BCUT2D eigenvalue weighted by Gasteiger charge is -2.29. The lowest BCUT2D eigenvalue weighted by atomic mass is 9.75. The Kier molecular flexibility index (Phi) is 22.0. The summed E-state index contributed by atoms with van der Waals surface area (Å²) in [6.45, 7) is 32.6. The highest BCUT2D eigenvalue weighted by Crippen LogP contribution is 2.52. The number of fused-ring (bicyclic) bond motifs is 7. The van der Waals surface area contributed by atoms with E-state index in [2.05, 4.69) is 204 Å². The van der Waals surface area contributed by atoms with Gasteiger partial charge < -0.3 is 0 Å². The highest BCUT2D eigenvalue weighted by atomic mass is 14.4. The van der Waals surface area contributed by atoms with Crippen LogP contribution in [0.5, 0.6) is 0 Å². The topological polar surface area (TPSA) is 0 Å². The fourth-order valence-corrected chi connectivity index (χ4v) is 9.11. The molecule has 0 bridgehead atoms. The van der Waals surface area contributed by atoms with Crippen molar-refractivity contribution in [1.29, 1.82) is 0 Å². The monoisotopic (exact) mass is 903 g/mol. The van der Waals surface area contributed by atoms with E-state index in [1.54, 1.807) is 5.57 Å². The van der Waals surface area contributed by atoms with Crippen LogP contribution in [-0.4, -0.2) is 0 Å². The molecule has 0 aliphatic heterocycles. The first-order chi connectivity index (χ1) is 32.8. The second kappa shape index (κ2) is 27.3. The van der Waals surface area contributed by atoms with E-state index in [4.69, 9.17) is 0 Å². The van der Waals surface area contributed by atoms with E-state index in [0.29, 0.717) is 5.92 Å². The zero-order valence-electron chi connectivity index (χ0n) is 45.0. The molecule has 3 aliphatic rings. The van der Waals surface area contributed by atoms with Crippen LogP contribution >= 0.6 is 0 Å². The minimum absolute atomic E-state index is 0.00995. The number of allylic oxidation sites excluding steroid dienone is 4. The molecular formula is C68H86. The molecule has 0 nitrogen and oxygen atoms in total. The minimum atomic E-state index is 0.00995. The molecule has 3 aliphatic carbocycles. The average Bonchev–Trinajstić information content (AvgIpc) is 3.59. The molecular weight excluding hydrogens is 817 g/mol. The number of hydrogen-bond donors (Lipinski definition) is 0. The van der Waals surface area contributed by atoms with Crippen LogP contribution in [0.3, 0.4) is 0 Å². The van der Waals surface area contributed by atoms with Gasteiger partial charge in [0.05, 0.1) is 0 Å². The number of hydrogen-bond acceptors (Lipinski definition) is 0. The summed E-state index contributed by atoms with van der Waals surface area (Å²) in [7, 11) is 0. The van der Waals surface area contributed by atoms with Gasteiger partial charge in [0.2, 0.25) is 0 Å². The van der Waals surface area contributed by atoms with Crippen molar-refractivity contribution in [3.05, 3.63) is 231 Å². The third-order valence-corrected chi connectivity index (χ3v) is 13.4. The molecule has 0 N–H and O–H groups in total. The van der Waals surface area contributed by atoms with Crippen LogP contribution < -0.4 is 0 Å². The van der Waals surface area contributed by atoms with Gasteiger partial charge in [0.25, 0.3) is 0 Å². The van der Waals surface area contributed by atoms with Gasteiger partial charge in [0.1, 0.15) is 0 Å². The third kappa shape index (κ3) is 14.6. The molecule has 68 heavy (non-hydrogen) atoms. The molecule has 0 fully saturated rings. The third-order valence-electron chi connectivity index (χ3n) is 13.4. The fourth-order valence-electron chi connectivity index (χ4n) is 9.11. The van der Waals surface area contributed by atoms with Crippen molar-refractivity contribution in [3.8, 4) is 11.1 Å². The Morgan fingerprint density at radius 3 is 1.59 bits per heavy atom. The molecule has 0 heteroatoms. The summed E-state index contributed by atoms with van der Waals surface area (Å²) in [6.07, 6.45) is 11.8. The Balaban J connectivity index is 0.000000254. The molecule has 0 spiro atoms. The SMILES string of the molecule is CC.CC.CCC(C)C.CCc1ccc(C)cc1.Cc1cc2c(c3ccccc13)-c1ccc(Cc3ccc4c(c3)C(C)CC3=C4C=CCC3)cc1C2(C)C.Cc1ccccc1.Cc1ccccc1. The molecule has 7 aromatic rings. The van der Waals surface area contributed by atoms with Crippen LogP contribution in [0.1, 0.15) is 169 Å². The summed E-state index contributed by atoms with van der Waals surface area (Å²) in [5.41, 5.74) is 21.6. The molecule has 0 radical (unpaired) electrons. The number of rotatable bonds is 4. The molecule has 0 heterocycles. The Bertz CT molecular complexity index is 2610. The van der Waals surface area contributed by atoms with Crippen molar-refractivity contribution < 1.29 is 0 Å². The van der Waals surface area contributed by atoms with Gasteiger partial charge in [-0.25, -0.2) is 0 Å². The zero-order chi connectivity index (χ0) is 49.8. The number of aryl methyl sites for hydroxylation is 5. The summed E-state index contributed by atoms with van der Waals surface area (Å²) in [6, 6.07) is 55.0. The van der Waals surface area contributed by atoms with E-state index >= 15 is 0 Å². The van der Waals surface area contributed by atoms with Crippen molar-refractivity contribution in [3.63, 3.8) is 0 Å². The van der Waals surface area contributed by atoms with E-state index in [1.165, 1.54) is 114 Å². The number of benzene rings is 7. The molecule has 10 rings (SSSR count). The van der Waals surface area contributed by atoms with Gasteiger partial charge >= 0.3 is 0 Å². The van der Waals surface area contributed by atoms with Crippen molar-refractivity contribution in [2.24, 2.45) is 5.92 Å². The first-order valence-electron chi connectivity index (χ1n) is 26.1. The predicted octanol–water partition coefficient (Wildman–Crippen LogP) is 20.3. The van der Waals surface area contributed by atoms with Gasteiger partial charge in [0, 0.05) is 5.41 Å². The summed E-state index contributed by atoms with van der Waals surface area (Å²) in [5, 5.41) is 2.76. The molecule has 1 unspecified atom stereocenters. The van der Waals surface area contributed by atoms with E-state index in [1.807, 2.05) is 64.1 Å². The maximum Gasteiger partial charge on any atom is 0.0159 e. The van der Waals surface area contributed by atoms with Gasteiger partial charge in [-0.05, 0) is 144 Å². The van der Waals surface area contributed by atoms with Crippen LogP contribution in [0, 0.1) is 33.6 Å². The summed E-state index contributed by atoms with van der Waals surface area (Å²) >= 11 is 0. The Labute approximate surface area is 415 Å². The quantitative estimate of drug-likeness (QED) is 0.165. The van der Waals surface area contributed by atoms with E-state index < -0.39 is 0 Å². The van der Waals surface area contributed by atoms with Crippen LogP contribution in [0.25, 0.3) is 27.5 Å². The van der Waals surface area contributed by atoms with Crippen molar-refractivity contribution >= 4 is 16.3 Å². The summed E-state index contributed by atoms with van der Waals surface area (Å²) in [5.74, 6) is 1.49. The smallest absolute Gasteiger partial charge is 0.0159 e. The van der Waals surface area contributed by atoms with Crippen LogP contribution in [0.15, 0.2) is 169 Å². The maximum atomic E-state index is 2.50. The van der Waals surface area contributed by atoms with E-state index in [0.717, 1.165) is 18.8 Å². The van der Waals surface area contributed by atoms with Crippen LogP contribution in [0.4, 0.5) is 0 Å². The molecule has 358 valence electrons. The van der Waals surface area contributed by atoms with Crippen LogP contribution in [-0.2, 0) is 18.3 Å². The summed E-state index contributed by atoms with van der Waals surface area (Å²) < 4.78 is 0. The Morgan fingerprint density at radius 1 is 0.559 bits per heavy atom. The summed E-state index contributed by atoms with van der Waals surface area (Å²) in [4.78, 5) is 0. The Morgan fingerprint density at radius 2 is 1.06 bits per heavy atom. The molecule has 1 atom stereocenters. The maximum absolute atomic E-state index is 2.50. The average molecular weight is 903 g/mol. The van der Waals surface area contributed by atoms with Gasteiger partial charge in [-0.1, -0.05) is 269 Å². The highest BCUT2D eigenvalue weighted by Gasteiger charge is 2.37. The standard InChI is InChI=1S/C36H34.C9H12.2C7H8.C5H12.2C2H6/c1-22-17-26-9-5-6-11-28(26)29-15-13-24(20-32(22)29)19-25-14-16-31-33(21-25)36(3,4)34-18-23(2)27-10-7-8-12-30(27)35(31)34;1-3-9-6-4-8(2)5-7-9;2*1-7-5-3-2-4-6-7;1-4-5(2)3;2*1-2/h6-8,10-16,18,20-22H,5,9,17,19H2,1-4H3;4-7H,3H2,1-2H3;2*2-6H,1H3;5H,4H2,1-3H3;2*1-2H3. The van der Waals surface area contributed by atoms with Crippen LogP contribution in [0.2, 0.25) is 0 Å². The lowest BCUT2D eigenvalue weighted by molar-refractivity contribution is 0.626. The van der Waals surface area contributed by atoms with E-state index in [9.17, 15) is 0 Å². The minimum Gasteiger partial charge on any atom is -0.0836 e. The Hall–Kier alpha value is -5.72. The van der Waals surface area contributed by atoms with Crippen molar-refractivity contribution in [2.75, 3.05) is 0 Å². The molecule has 0 saturated carbocycles. The van der Waals surface area contributed by atoms with Gasteiger partial charge in [0.15, 0.2) is 0 Å². The van der Waals surface area contributed by atoms with Gasteiger partial charge in [-0.3, -0.25) is 0 Å². The largest absolute Gasteiger partial charge is 0.0836 e. The first kappa shape index (κ1) is 54.9.